The highest BCUT2D eigenvalue weighted by atomic mass is 35.5. The van der Waals surface area contributed by atoms with Crippen LogP contribution in [0, 0.1) is 5.92 Å². The lowest BCUT2D eigenvalue weighted by Gasteiger charge is -2.15. The maximum atomic E-state index is 13.1. The zero-order valence-corrected chi connectivity index (χ0v) is 19.5. The van der Waals surface area contributed by atoms with Crippen molar-refractivity contribution in [3.05, 3.63) is 69.7 Å². The van der Waals surface area contributed by atoms with Gasteiger partial charge >= 0.3 is 0 Å². The van der Waals surface area contributed by atoms with E-state index >= 15 is 0 Å². The lowest BCUT2D eigenvalue weighted by molar-refractivity contribution is -0.894. The molecule has 0 aliphatic heterocycles. The number of aryl methyl sites for hydroxylation is 1. The van der Waals surface area contributed by atoms with Gasteiger partial charge in [0.1, 0.15) is 25.4 Å². The first-order valence-electron chi connectivity index (χ1n) is 11.0. The van der Waals surface area contributed by atoms with Crippen LogP contribution in [-0.4, -0.2) is 39.4 Å². The van der Waals surface area contributed by atoms with Gasteiger partial charge in [-0.2, -0.15) is 0 Å². The molecular formula is C24H29ClN5O2+. The number of hydrogen-bond donors (Lipinski definition) is 1. The minimum absolute atomic E-state index is 0.00948. The fourth-order valence-electron chi connectivity index (χ4n) is 3.75. The van der Waals surface area contributed by atoms with Crippen LogP contribution in [-0.2, 0) is 13.1 Å². The van der Waals surface area contributed by atoms with Crippen LogP contribution in [0.3, 0.4) is 0 Å². The predicted octanol–water partition coefficient (Wildman–Crippen LogP) is 2.84. The van der Waals surface area contributed by atoms with Crippen LogP contribution in [0.15, 0.2) is 53.3 Å². The van der Waals surface area contributed by atoms with E-state index in [-0.39, 0.29) is 5.56 Å². The van der Waals surface area contributed by atoms with Crippen molar-refractivity contribution in [3.8, 4) is 5.75 Å². The number of quaternary nitrogens is 1. The van der Waals surface area contributed by atoms with Gasteiger partial charge in [-0.15, -0.1) is 10.2 Å². The van der Waals surface area contributed by atoms with E-state index in [1.165, 1.54) is 4.90 Å². The second-order valence-electron chi connectivity index (χ2n) is 8.59. The molecule has 1 N–H and O–H groups in total. The molecule has 0 saturated carbocycles. The van der Waals surface area contributed by atoms with E-state index in [0.29, 0.717) is 41.8 Å². The molecule has 0 aliphatic rings. The van der Waals surface area contributed by atoms with Crippen molar-refractivity contribution in [2.45, 2.75) is 33.4 Å². The molecule has 168 valence electrons. The number of para-hydroxylation sites is 1. The third-order valence-corrected chi connectivity index (χ3v) is 5.83. The molecule has 32 heavy (non-hydrogen) atoms. The molecule has 0 fully saturated rings. The standard InChI is InChI=1S/C24H28ClN5O2/c1-17(2)12-13-29-23(31)20-6-4-5-7-21(20)30-22(26-27-24(29)30)16-28(3)14-15-32-19-10-8-18(25)9-11-19/h4-11,17H,12-16H2,1-3H3/p+1. The van der Waals surface area contributed by atoms with Gasteiger partial charge in [-0.25, -0.2) is 0 Å². The average molecular weight is 455 g/mol. The van der Waals surface area contributed by atoms with Crippen molar-refractivity contribution in [3.63, 3.8) is 0 Å². The van der Waals surface area contributed by atoms with E-state index in [1.54, 1.807) is 4.57 Å². The first kappa shape index (κ1) is 22.3. The van der Waals surface area contributed by atoms with Crippen LogP contribution in [0.1, 0.15) is 26.1 Å². The monoisotopic (exact) mass is 454 g/mol. The van der Waals surface area contributed by atoms with E-state index in [4.69, 9.17) is 16.3 Å². The number of benzene rings is 2. The summed E-state index contributed by atoms with van der Waals surface area (Å²) in [5, 5.41) is 10.3. The third kappa shape index (κ3) is 4.79. The first-order chi connectivity index (χ1) is 15.4. The molecule has 1 unspecified atom stereocenters. The summed E-state index contributed by atoms with van der Waals surface area (Å²) in [7, 11) is 2.10. The highest BCUT2D eigenvalue weighted by Gasteiger charge is 2.18. The van der Waals surface area contributed by atoms with Gasteiger partial charge in [-0.3, -0.25) is 13.8 Å². The lowest BCUT2D eigenvalue weighted by atomic mass is 10.1. The number of rotatable bonds is 9. The molecular weight excluding hydrogens is 426 g/mol. The average Bonchev–Trinajstić information content (AvgIpc) is 3.18. The van der Waals surface area contributed by atoms with Crippen LogP contribution in [0.5, 0.6) is 5.75 Å². The smallest absolute Gasteiger partial charge is 0.262 e. The molecule has 4 rings (SSSR count). The van der Waals surface area contributed by atoms with Crippen LogP contribution >= 0.6 is 11.6 Å². The number of ether oxygens (including phenoxy) is 1. The highest BCUT2D eigenvalue weighted by Crippen LogP contribution is 2.16. The minimum atomic E-state index is -0.00948. The quantitative estimate of drug-likeness (QED) is 0.422. The molecule has 0 aliphatic carbocycles. The Morgan fingerprint density at radius 2 is 1.84 bits per heavy atom. The number of nitrogens with zero attached hydrogens (tertiary/aromatic N) is 4. The fourth-order valence-corrected chi connectivity index (χ4v) is 3.88. The number of hydrogen-bond acceptors (Lipinski definition) is 4. The van der Waals surface area contributed by atoms with Crippen molar-refractivity contribution >= 4 is 28.3 Å². The maximum Gasteiger partial charge on any atom is 0.262 e. The fraction of sp³-hybridized carbons (Fsp3) is 0.375. The zero-order valence-electron chi connectivity index (χ0n) is 18.7. The Kier molecular flexibility index (Phi) is 6.77. The van der Waals surface area contributed by atoms with E-state index in [1.807, 2.05) is 52.9 Å². The van der Waals surface area contributed by atoms with Crippen molar-refractivity contribution in [2.24, 2.45) is 5.92 Å². The second kappa shape index (κ2) is 9.71. The van der Waals surface area contributed by atoms with Gasteiger partial charge in [0.25, 0.3) is 5.56 Å². The molecule has 0 bridgehead atoms. The number of fused-ring (bicyclic) bond motifs is 3. The van der Waals surface area contributed by atoms with Gasteiger partial charge < -0.3 is 9.64 Å². The Morgan fingerprint density at radius 3 is 2.59 bits per heavy atom. The van der Waals surface area contributed by atoms with Crippen LogP contribution in [0.4, 0.5) is 0 Å². The molecule has 2 heterocycles. The summed E-state index contributed by atoms with van der Waals surface area (Å²) in [4.78, 5) is 14.4. The van der Waals surface area contributed by atoms with Gasteiger partial charge in [-0.1, -0.05) is 37.6 Å². The third-order valence-electron chi connectivity index (χ3n) is 5.58. The summed E-state index contributed by atoms with van der Waals surface area (Å²) in [6.07, 6.45) is 0.906. The SMILES string of the molecule is CC(C)CCn1c(=O)c2ccccc2n2c(C[NH+](C)CCOc3ccc(Cl)cc3)nnc12. The Labute approximate surface area is 192 Å². The van der Waals surface area contributed by atoms with Gasteiger partial charge in [0.2, 0.25) is 5.78 Å². The summed E-state index contributed by atoms with van der Waals surface area (Å²) >= 11 is 5.92. The summed E-state index contributed by atoms with van der Waals surface area (Å²) in [6.45, 7) is 6.97. The highest BCUT2D eigenvalue weighted by molar-refractivity contribution is 6.30. The largest absolute Gasteiger partial charge is 0.488 e. The Hall–Kier alpha value is -2.90. The predicted molar refractivity (Wildman–Crippen MR) is 127 cm³/mol. The van der Waals surface area contributed by atoms with Crippen LogP contribution in [0.2, 0.25) is 5.02 Å². The summed E-state index contributed by atoms with van der Waals surface area (Å²) < 4.78 is 9.62. The number of likely N-dealkylation sites (N-methyl/N-ethyl adjacent to an activating group) is 1. The number of halogens is 1. The van der Waals surface area contributed by atoms with E-state index in [9.17, 15) is 4.79 Å². The number of aromatic nitrogens is 4. The first-order valence-corrected chi connectivity index (χ1v) is 11.4. The molecule has 8 heteroatoms. The molecule has 4 aromatic rings. The van der Waals surface area contributed by atoms with Gasteiger partial charge in [0.05, 0.1) is 18.0 Å². The normalized spacial score (nSPS) is 12.7. The Morgan fingerprint density at radius 1 is 1.09 bits per heavy atom. The molecule has 2 aromatic carbocycles. The Balaban J connectivity index is 1.57. The van der Waals surface area contributed by atoms with Crippen molar-refractivity contribution in [1.29, 1.82) is 0 Å². The summed E-state index contributed by atoms with van der Waals surface area (Å²) in [5.74, 6) is 2.73. The molecule has 0 spiro atoms. The lowest BCUT2D eigenvalue weighted by Crippen LogP contribution is -3.08. The molecule has 0 amide bonds. The van der Waals surface area contributed by atoms with E-state index < -0.39 is 0 Å². The minimum Gasteiger partial charge on any atom is -0.488 e. The maximum absolute atomic E-state index is 13.1. The van der Waals surface area contributed by atoms with Crippen molar-refractivity contribution in [2.75, 3.05) is 20.2 Å². The van der Waals surface area contributed by atoms with Crippen molar-refractivity contribution in [1.82, 2.24) is 19.2 Å². The molecule has 2 aromatic heterocycles. The molecule has 1 atom stereocenters. The van der Waals surface area contributed by atoms with Crippen molar-refractivity contribution < 1.29 is 9.64 Å². The molecule has 0 radical (unpaired) electrons. The van der Waals surface area contributed by atoms with E-state index in [2.05, 4.69) is 31.1 Å². The second-order valence-corrected chi connectivity index (χ2v) is 9.03. The zero-order chi connectivity index (χ0) is 22.7. The van der Waals surface area contributed by atoms with Crippen LogP contribution < -0.4 is 15.2 Å². The molecule has 7 nitrogen and oxygen atoms in total. The number of nitrogens with one attached hydrogen (secondary N) is 1. The molecule has 0 saturated heterocycles. The van der Waals surface area contributed by atoms with Gasteiger partial charge in [0, 0.05) is 11.6 Å². The van der Waals surface area contributed by atoms with Gasteiger partial charge in [0.15, 0.2) is 5.82 Å². The van der Waals surface area contributed by atoms with Gasteiger partial charge in [-0.05, 0) is 48.7 Å². The Bertz CT molecular complexity index is 1260. The van der Waals surface area contributed by atoms with E-state index in [0.717, 1.165) is 30.1 Å². The summed E-state index contributed by atoms with van der Waals surface area (Å²) in [6, 6.07) is 15.1. The summed E-state index contributed by atoms with van der Waals surface area (Å²) in [5.41, 5.74) is 0.836. The topological polar surface area (TPSA) is 65.9 Å². The van der Waals surface area contributed by atoms with Crippen LogP contribution in [0.25, 0.3) is 16.7 Å².